The third kappa shape index (κ3) is 21.3. The van der Waals surface area contributed by atoms with E-state index in [-0.39, 0.29) is 43.8 Å². The maximum Gasteiger partial charge on any atom is 0.348 e. The third-order valence-electron chi connectivity index (χ3n) is 8.19. The molecule has 0 aliphatic rings. The Hall–Kier alpha value is -6.45. The molecule has 20 heteroatoms. The predicted octanol–water partition coefficient (Wildman–Crippen LogP) is 0.794. The van der Waals surface area contributed by atoms with Gasteiger partial charge in [-0.15, -0.1) is 0 Å². The number of aromatic nitrogens is 1. The highest BCUT2D eigenvalue weighted by atomic mass is 16.4. The molecular formula is C37H48N6O14. The lowest BCUT2D eigenvalue weighted by molar-refractivity contribution is -0.140. The van der Waals surface area contributed by atoms with Gasteiger partial charge in [0.1, 0.15) is 29.6 Å². The number of nitrogens with one attached hydrogen (secondary N) is 4. The fraction of sp³-hybridized carbons (Fsp3) is 0.514. The summed E-state index contributed by atoms with van der Waals surface area (Å²) in [5.41, 5.74) is -2.03. The van der Waals surface area contributed by atoms with Crippen molar-refractivity contribution in [3.8, 4) is 0 Å². The van der Waals surface area contributed by atoms with Crippen LogP contribution in [0.4, 0.5) is 4.79 Å². The number of aliphatic carboxylic acids is 4. The molecule has 2 unspecified atom stereocenters. The lowest BCUT2D eigenvalue weighted by atomic mass is 10.0. The van der Waals surface area contributed by atoms with Crippen LogP contribution in [0.3, 0.4) is 0 Å². The maximum absolute atomic E-state index is 12.3. The van der Waals surface area contributed by atoms with Gasteiger partial charge < -0.3 is 41.7 Å². The van der Waals surface area contributed by atoms with E-state index in [9.17, 15) is 63.3 Å². The Morgan fingerprint density at radius 1 is 0.719 bits per heavy atom. The van der Waals surface area contributed by atoms with Gasteiger partial charge in [0.15, 0.2) is 11.6 Å². The maximum atomic E-state index is 12.3. The minimum atomic E-state index is -2.39. The molecule has 57 heavy (non-hydrogen) atoms. The fourth-order valence-corrected chi connectivity index (χ4v) is 5.35. The van der Waals surface area contributed by atoms with Crippen LogP contribution < -0.4 is 21.3 Å². The first-order chi connectivity index (χ1) is 27.2. The number of pyridine rings is 1. The number of carboxylic acids is 4. The lowest BCUT2D eigenvalue weighted by Crippen LogP contribution is -2.52. The van der Waals surface area contributed by atoms with Gasteiger partial charge in [0.25, 0.3) is 0 Å². The van der Waals surface area contributed by atoms with Crippen molar-refractivity contribution in [1.82, 2.24) is 31.2 Å². The second kappa shape index (κ2) is 28.0. The summed E-state index contributed by atoms with van der Waals surface area (Å²) in [6.07, 6.45) is 7.35. The number of carbonyl (C=O) groups is 7. The molecule has 0 aromatic carbocycles. The number of carbonyl (C=O) groups excluding carboxylic acids is 6. The van der Waals surface area contributed by atoms with Crippen LogP contribution in [0.5, 0.6) is 0 Å². The van der Waals surface area contributed by atoms with Gasteiger partial charge in [-0.1, -0.05) is 31.7 Å². The molecule has 0 bridgehead atoms. The molecule has 0 aliphatic carbocycles. The summed E-state index contributed by atoms with van der Waals surface area (Å²) < 4.78 is 0. The molecule has 1 rings (SSSR count). The zero-order chi connectivity index (χ0) is 42.6. The highest BCUT2D eigenvalue weighted by molar-refractivity contribution is 6.06. The first kappa shape index (κ1) is 48.6. The van der Waals surface area contributed by atoms with Crippen LogP contribution in [0.2, 0.25) is 0 Å². The number of hydrogen-bond acceptors (Lipinski definition) is 12. The highest BCUT2D eigenvalue weighted by Crippen LogP contribution is 2.12. The predicted molar refractivity (Wildman–Crippen MR) is 198 cm³/mol. The third-order valence-corrected chi connectivity index (χ3v) is 8.19. The van der Waals surface area contributed by atoms with E-state index in [0.717, 1.165) is 43.3 Å². The zero-order valence-electron chi connectivity index (χ0n) is 31.3. The van der Waals surface area contributed by atoms with Crippen molar-refractivity contribution in [3.05, 3.63) is 46.9 Å². The topological polar surface area (TPSA) is 316 Å². The van der Waals surface area contributed by atoms with Gasteiger partial charge in [0.05, 0.1) is 17.8 Å². The second-order valence-corrected chi connectivity index (χ2v) is 12.7. The Labute approximate surface area is 327 Å². The summed E-state index contributed by atoms with van der Waals surface area (Å²) in [5, 5.41) is 45.8. The summed E-state index contributed by atoms with van der Waals surface area (Å²) in [5.74, 6) is -3.60. The van der Waals surface area contributed by atoms with E-state index in [1.165, 1.54) is 0 Å². The van der Waals surface area contributed by atoms with Crippen LogP contribution in [0, 0.1) is 0 Å². The summed E-state index contributed by atoms with van der Waals surface area (Å²) in [4.78, 5) is 122. The molecular weight excluding hydrogens is 752 g/mol. The normalized spacial score (nSPS) is 11.4. The van der Waals surface area contributed by atoms with Gasteiger partial charge in [-0.05, 0) is 63.6 Å². The van der Waals surface area contributed by atoms with Crippen LogP contribution in [-0.4, -0.2) is 122 Å². The lowest BCUT2D eigenvalue weighted by Gasteiger charge is -2.19. The Morgan fingerprint density at radius 2 is 1.39 bits per heavy atom. The van der Waals surface area contributed by atoms with Gasteiger partial charge in [-0.25, -0.2) is 33.6 Å². The number of urea groups is 1. The number of rotatable bonds is 30. The molecule has 1 aromatic heterocycles. The number of amides is 4. The highest BCUT2D eigenvalue weighted by Gasteiger charge is 2.33. The van der Waals surface area contributed by atoms with Crippen molar-refractivity contribution in [2.24, 2.45) is 0 Å². The number of unbranched alkanes of at least 4 members (excludes halogenated alkanes) is 6. The molecule has 0 fully saturated rings. The van der Waals surface area contributed by atoms with Crippen LogP contribution in [0.25, 0.3) is 0 Å². The molecule has 0 spiro atoms. The van der Waals surface area contributed by atoms with E-state index in [0.29, 0.717) is 51.7 Å². The van der Waals surface area contributed by atoms with Gasteiger partial charge in [0, 0.05) is 32.1 Å². The van der Waals surface area contributed by atoms with Crippen LogP contribution >= 0.6 is 0 Å². The zero-order valence-corrected chi connectivity index (χ0v) is 31.3. The Kier molecular flexibility index (Phi) is 23.9. The van der Waals surface area contributed by atoms with E-state index < -0.39 is 59.0 Å². The number of allylic oxidation sites excluding steroid dienone is 1. The van der Waals surface area contributed by atoms with Crippen LogP contribution in [0.1, 0.15) is 89.2 Å². The number of hydrogen-bond donors (Lipinski definition) is 8. The van der Waals surface area contributed by atoms with Crippen molar-refractivity contribution in [3.63, 3.8) is 0 Å². The first-order valence-corrected chi connectivity index (χ1v) is 18.1. The molecule has 1 aromatic rings. The molecule has 0 saturated carbocycles. The van der Waals surface area contributed by atoms with Crippen LogP contribution in [0.15, 0.2) is 41.2 Å². The molecule has 20 nitrogen and oxygen atoms in total. The summed E-state index contributed by atoms with van der Waals surface area (Å²) in [6.45, 7) is 1.55. The minimum Gasteiger partial charge on any atom is -0.480 e. The smallest absolute Gasteiger partial charge is 0.348 e. The van der Waals surface area contributed by atoms with Crippen molar-refractivity contribution >= 4 is 59.5 Å². The van der Waals surface area contributed by atoms with E-state index in [1.807, 2.05) is 22.3 Å². The van der Waals surface area contributed by atoms with Crippen LogP contribution in [-0.2, 0) is 49.7 Å². The molecule has 8 N–H and O–H groups in total. The standard InChI is InChI=1S/C37H48N6O14/c44-22-26(13-11-14-29(35(53)54)41-37(57)42-33(36(55)56)27(23-45)28(24-46)34(51)52)40-31(48)16-6-2-1-5-15-30(47)39-18-8-3-4-10-19-43(21-32(49)50)20-25-12-7-9-17-38-25/h7,9,12,17,29,33H,1-6,8,10-11,13-16,18-21H2,(H,39,47)(H,40,48)(H,49,50)(H,51,52)(H,53,54)(H,55,56)(H2,41,42,57). The monoisotopic (exact) mass is 800 g/mol. The molecule has 0 saturated heterocycles. The molecule has 2 atom stereocenters. The first-order valence-electron chi connectivity index (χ1n) is 18.1. The molecule has 0 aliphatic heterocycles. The summed E-state index contributed by atoms with van der Waals surface area (Å²) in [6, 6.07) is 0.0291. The minimum absolute atomic E-state index is 0.0658. The quantitative estimate of drug-likeness (QED) is 0.0231. The molecule has 310 valence electrons. The average Bonchev–Trinajstić information content (AvgIpc) is 3.15. The van der Waals surface area contributed by atoms with Crippen molar-refractivity contribution < 1.29 is 68.4 Å². The van der Waals surface area contributed by atoms with E-state index >= 15 is 0 Å². The van der Waals surface area contributed by atoms with Crippen molar-refractivity contribution in [1.29, 1.82) is 0 Å². The molecule has 1 heterocycles. The average molecular weight is 801 g/mol. The van der Waals surface area contributed by atoms with Gasteiger partial charge in [0.2, 0.25) is 11.8 Å². The fourth-order valence-electron chi connectivity index (χ4n) is 5.35. The number of nitrogens with zero attached hydrogens (tertiary/aromatic N) is 2. The van der Waals surface area contributed by atoms with Crippen molar-refractivity contribution in [2.75, 3.05) is 19.6 Å². The Balaban J connectivity index is 2.29. The van der Waals surface area contributed by atoms with E-state index in [1.54, 1.807) is 23.5 Å². The van der Waals surface area contributed by atoms with Gasteiger partial charge >= 0.3 is 29.9 Å². The SMILES string of the molecule is O=C=C(CCCC(NC(=O)NC(C(=O)O)C(=C=O)C(=C=O)C(=O)O)C(=O)O)NC(=O)CCCCCCC(=O)NCCCCCCN(CC(=O)O)Cc1ccccn1. The Morgan fingerprint density at radius 3 is 1.95 bits per heavy atom. The van der Waals surface area contributed by atoms with Gasteiger partial charge in [-0.2, -0.15) is 0 Å². The summed E-state index contributed by atoms with van der Waals surface area (Å²) in [7, 11) is 0. The number of carboxylic acid groups (broad SMARTS) is 4. The largest absolute Gasteiger partial charge is 0.480 e. The molecule has 4 amide bonds. The summed E-state index contributed by atoms with van der Waals surface area (Å²) >= 11 is 0. The van der Waals surface area contributed by atoms with E-state index in [4.69, 9.17) is 5.11 Å². The molecule has 0 radical (unpaired) electrons. The van der Waals surface area contributed by atoms with E-state index in [2.05, 4.69) is 15.6 Å². The second-order valence-electron chi connectivity index (χ2n) is 12.7. The van der Waals surface area contributed by atoms with Crippen molar-refractivity contribution in [2.45, 2.75) is 102 Å². The van der Waals surface area contributed by atoms with Gasteiger partial charge in [-0.3, -0.25) is 24.3 Å². The Bertz CT molecular complexity index is 1700.